The Kier molecular flexibility index (Phi) is 57.3. The second-order valence-electron chi connectivity index (χ2n) is 20.2. The van der Waals surface area contributed by atoms with Crippen LogP contribution in [0, 0.1) is 0 Å². The highest BCUT2D eigenvalue weighted by molar-refractivity contribution is 5.71. The molecule has 0 rings (SSSR count). The second kappa shape index (κ2) is 60.1. The molecule has 6 nitrogen and oxygen atoms in total. The molecule has 0 aliphatic carbocycles. The fourth-order valence-corrected chi connectivity index (χ4v) is 8.50. The Morgan fingerprint density at radius 1 is 0.292 bits per heavy atom. The van der Waals surface area contributed by atoms with Crippen molar-refractivity contribution in [3.63, 3.8) is 0 Å². The number of rotatable bonds is 55. The predicted molar refractivity (Wildman–Crippen MR) is 311 cm³/mol. The van der Waals surface area contributed by atoms with Crippen LogP contribution >= 0.6 is 0 Å². The minimum atomic E-state index is -0.787. The molecule has 0 bridgehead atoms. The van der Waals surface area contributed by atoms with Gasteiger partial charge in [-0.1, -0.05) is 254 Å². The zero-order valence-corrected chi connectivity index (χ0v) is 47.4. The maximum atomic E-state index is 12.9. The van der Waals surface area contributed by atoms with Crippen molar-refractivity contribution in [1.29, 1.82) is 0 Å². The van der Waals surface area contributed by atoms with Gasteiger partial charge in [0, 0.05) is 19.3 Å². The second-order valence-corrected chi connectivity index (χ2v) is 20.2. The van der Waals surface area contributed by atoms with Gasteiger partial charge in [-0.3, -0.25) is 14.4 Å². The van der Waals surface area contributed by atoms with E-state index in [1.165, 1.54) is 141 Å². The van der Waals surface area contributed by atoms with Crippen LogP contribution in [-0.4, -0.2) is 37.2 Å². The number of hydrogen-bond donors (Lipinski definition) is 0. The van der Waals surface area contributed by atoms with Crippen molar-refractivity contribution in [3.8, 4) is 0 Å². The molecule has 6 heteroatoms. The van der Waals surface area contributed by atoms with Crippen LogP contribution in [0.2, 0.25) is 0 Å². The molecule has 0 aliphatic heterocycles. The summed E-state index contributed by atoms with van der Waals surface area (Å²) in [7, 11) is 0. The Balaban J connectivity index is 4.24. The van der Waals surface area contributed by atoms with Crippen molar-refractivity contribution in [3.05, 3.63) is 85.1 Å². The molecule has 0 fully saturated rings. The van der Waals surface area contributed by atoms with Crippen molar-refractivity contribution in [2.45, 2.75) is 303 Å². The van der Waals surface area contributed by atoms with Crippen molar-refractivity contribution in [2.24, 2.45) is 0 Å². The van der Waals surface area contributed by atoms with Crippen LogP contribution in [0.25, 0.3) is 0 Å². The van der Waals surface area contributed by atoms with Gasteiger partial charge in [-0.2, -0.15) is 0 Å². The van der Waals surface area contributed by atoms with E-state index in [9.17, 15) is 14.4 Å². The monoisotopic (exact) mass is 1000 g/mol. The number of esters is 3. The highest BCUT2D eigenvalue weighted by Gasteiger charge is 2.19. The van der Waals surface area contributed by atoms with E-state index in [4.69, 9.17) is 14.2 Å². The van der Waals surface area contributed by atoms with Gasteiger partial charge in [0.2, 0.25) is 0 Å². The molecular formula is C66H114O6. The minimum Gasteiger partial charge on any atom is -0.462 e. The summed E-state index contributed by atoms with van der Waals surface area (Å²) in [6.45, 7) is 6.47. The van der Waals surface area contributed by atoms with E-state index in [-0.39, 0.29) is 31.1 Å². The molecule has 0 aromatic rings. The van der Waals surface area contributed by atoms with E-state index in [0.717, 1.165) is 116 Å². The van der Waals surface area contributed by atoms with E-state index in [1.54, 1.807) is 0 Å². The Labute approximate surface area is 445 Å². The molecule has 0 radical (unpaired) electrons. The fraction of sp³-hybridized carbons (Fsp3) is 0.742. The number of carbonyl (C=O) groups excluding carboxylic acids is 3. The van der Waals surface area contributed by atoms with Gasteiger partial charge < -0.3 is 14.2 Å². The molecule has 0 N–H and O–H groups in total. The topological polar surface area (TPSA) is 78.9 Å². The van der Waals surface area contributed by atoms with Crippen LogP contribution in [0.3, 0.4) is 0 Å². The van der Waals surface area contributed by atoms with Gasteiger partial charge in [-0.05, 0) is 109 Å². The molecule has 0 saturated carbocycles. The lowest BCUT2D eigenvalue weighted by Gasteiger charge is -2.18. The Hall–Kier alpha value is -3.41. The third-order valence-corrected chi connectivity index (χ3v) is 13.1. The molecule has 0 aromatic carbocycles. The molecule has 0 aliphatic rings. The number of allylic oxidation sites excluding steroid dienone is 14. The van der Waals surface area contributed by atoms with E-state index in [1.807, 2.05) is 0 Å². The van der Waals surface area contributed by atoms with Gasteiger partial charge in [-0.25, -0.2) is 0 Å². The summed E-state index contributed by atoms with van der Waals surface area (Å²) < 4.78 is 16.9. The molecule has 1 atom stereocenters. The van der Waals surface area contributed by atoms with E-state index < -0.39 is 6.10 Å². The van der Waals surface area contributed by atoms with Crippen LogP contribution in [0.15, 0.2) is 85.1 Å². The van der Waals surface area contributed by atoms with Crippen LogP contribution in [0.1, 0.15) is 297 Å². The van der Waals surface area contributed by atoms with Crippen molar-refractivity contribution in [2.75, 3.05) is 13.2 Å². The molecular weight excluding hydrogens is 889 g/mol. The summed E-state index contributed by atoms with van der Waals surface area (Å²) in [5.74, 6) is -0.900. The average molecular weight is 1000 g/mol. The Morgan fingerprint density at radius 2 is 0.556 bits per heavy atom. The van der Waals surface area contributed by atoms with Gasteiger partial charge in [-0.15, -0.1) is 0 Å². The van der Waals surface area contributed by atoms with E-state index in [2.05, 4.69) is 106 Å². The summed E-state index contributed by atoms with van der Waals surface area (Å²) in [5.41, 5.74) is 0. The van der Waals surface area contributed by atoms with Crippen LogP contribution in [0.5, 0.6) is 0 Å². The highest BCUT2D eigenvalue weighted by atomic mass is 16.6. The van der Waals surface area contributed by atoms with Gasteiger partial charge in [0.25, 0.3) is 0 Å². The summed E-state index contributed by atoms with van der Waals surface area (Å²) in [5, 5.41) is 0. The molecule has 0 amide bonds. The maximum absolute atomic E-state index is 12.9. The molecule has 1 unspecified atom stereocenters. The summed E-state index contributed by atoms with van der Waals surface area (Å²) >= 11 is 0. The SMILES string of the molecule is CC/C=C\C/C=C\C/C=C\C/C=C\CCCCCCCCCCCCCCCCC(=O)OCC(COC(=O)CCCCCCC/C=C\CCCC)OC(=O)CCCCCCC/C=C\C/C=C\CCCCCC. The first-order valence-electron chi connectivity index (χ1n) is 30.6. The molecule has 0 spiro atoms. The van der Waals surface area contributed by atoms with Gasteiger partial charge in [0.05, 0.1) is 0 Å². The first kappa shape index (κ1) is 68.6. The standard InChI is InChI=1S/C66H114O6/c1-4-7-10-13-16-19-22-24-26-28-29-30-31-32-33-34-35-36-37-38-40-41-44-47-50-53-56-59-65(68)71-62-63(61-70-64(67)58-55-52-49-46-43-21-18-15-12-9-6-3)72-66(69)60-57-54-51-48-45-42-39-27-25-23-20-17-14-11-8-5-2/h7,10,15-16,18-20,23-24,26-27,29-30,39,63H,4-6,8-9,11-14,17,21-22,25,28,31-38,40-62H2,1-3H3/b10-7-,18-15-,19-16-,23-20-,26-24-,30-29-,39-27-. The highest BCUT2D eigenvalue weighted by Crippen LogP contribution is 2.16. The zero-order valence-electron chi connectivity index (χ0n) is 47.4. The largest absolute Gasteiger partial charge is 0.462 e. The third-order valence-electron chi connectivity index (χ3n) is 13.1. The minimum absolute atomic E-state index is 0.0836. The number of unbranched alkanes of at least 4 members (excludes halogenated alkanes) is 30. The third kappa shape index (κ3) is 57.5. The van der Waals surface area contributed by atoms with Crippen LogP contribution < -0.4 is 0 Å². The van der Waals surface area contributed by atoms with Crippen molar-refractivity contribution < 1.29 is 28.6 Å². The summed E-state index contributed by atoms with van der Waals surface area (Å²) in [6.07, 6.45) is 78.7. The van der Waals surface area contributed by atoms with Crippen molar-refractivity contribution in [1.82, 2.24) is 0 Å². The quantitative estimate of drug-likeness (QED) is 0.0261. The zero-order chi connectivity index (χ0) is 52.2. The predicted octanol–water partition coefficient (Wildman–Crippen LogP) is 20.7. The van der Waals surface area contributed by atoms with Gasteiger partial charge >= 0.3 is 17.9 Å². The number of ether oxygens (including phenoxy) is 3. The molecule has 0 heterocycles. The lowest BCUT2D eigenvalue weighted by molar-refractivity contribution is -0.167. The number of carbonyl (C=O) groups is 3. The lowest BCUT2D eigenvalue weighted by Crippen LogP contribution is -2.30. The normalized spacial score (nSPS) is 12.7. The molecule has 0 saturated heterocycles. The molecule has 414 valence electrons. The lowest BCUT2D eigenvalue weighted by atomic mass is 10.0. The van der Waals surface area contributed by atoms with Gasteiger partial charge in [0.1, 0.15) is 13.2 Å². The fourth-order valence-electron chi connectivity index (χ4n) is 8.50. The first-order valence-corrected chi connectivity index (χ1v) is 30.6. The summed E-state index contributed by atoms with van der Waals surface area (Å²) in [4.78, 5) is 38.2. The Morgan fingerprint density at radius 3 is 0.903 bits per heavy atom. The van der Waals surface area contributed by atoms with Crippen molar-refractivity contribution >= 4 is 17.9 Å². The smallest absolute Gasteiger partial charge is 0.306 e. The van der Waals surface area contributed by atoms with E-state index >= 15 is 0 Å². The maximum Gasteiger partial charge on any atom is 0.306 e. The summed E-state index contributed by atoms with van der Waals surface area (Å²) in [6, 6.07) is 0. The van der Waals surface area contributed by atoms with Gasteiger partial charge in [0.15, 0.2) is 6.10 Å². The van der Waals surface area contributed by atoms with E-state index in [0.29, 0.717) is 19.3 Å². The average Bonchev–Trinajstić information content (AvgIpc) is 3.38. The first-order chi connectivity index (χ1) is 35.5. The number of hydrogen-bond acceptors (Lipinski definition) is 6. The molecule has 72 heavy (non-hydrogen) atoms. The van der Waals surface area contributed by atoms with Crippen LogP contribution in [-0.2, 0) is 28.6 Å². The van der Waals surface area contributed by atoms with Crippen LogP contribution in [0.4, 0.5) is 0 Å². The Bertz CT molecular complexity index is 1380. The molecule has 0 aromatic heterocycles.